The zero-order valence-corrected chi connectivity index (χ0v) is 15.9. The van der Waals surface area contributed by atoms with E-state index >= 15 is 0 Å². The first-order valence-corrected chi connectivity index (χ1v) is 10.3. The van der Waals surface area contributed by atoms with Crippen LogP contribution in [0.4, 0.5) is 13.2 Å². The molecule has 4 rings (SSSR count). The number of amides is 1. The van der Waals surface area contributed by atoms with E-state index in [0.717, 1.165) is 22.5 Å². The normalized spacial score (nSPS) is 24.3. The van der Waals surface area contributed by atoms with Crippen molar-refractivity contribution in [2.24, 2.45) is 0 Å². The summed E-state index contributed by atoms with van der Waals surface area (Å²) >= 11 is 0. The molecule has 29 heavy (non-hydrogen) atoms. The van der Waals surface area contributed by atoms with E-state index in [1.54, 1.807) is 24.3 Å². The minimum atomic E-state index is -4.65. The van der Waals surface area contributed by atoms with Gasteiger partial charge < -0.3 is 14.6 Å². The summed E-state index contributed by atoms with van der Waals surface area (Å²) in [4.78, 5) is 12.1. The summed E-state index contributed by atoms with van der Waals surface area (Å²) in [6, 6.07) is 10.3. The molecule has 0 aliphatic carbocycles. The number of hydrogen-bond donors (Lipinski definition) is 1. The van der Waals surface area contributed by atoms with Crippen molar-refractivity contribution in [1.29, 1.82) is 0 Å². The zero-order valence-electron chi connectivity index (χ0n) is 15.1. The van der Waals surface area contributed by atoms with Crippen LogP contribution in [0, 0.1) is 0 Å². The standard InChI is InChI=1S/C19H17F3N2O4S/c20-19(21,22)13-4-3-5-14(10-13)29(26,27)24-9-8-18(11-24)12-28-16-7-2-1-6-15(16)17(25)23-18/h1-7,10H,8-9,11-12H2,(H-,23,25,26,27). The Balaban J connectivity index is 1.58. The fourth-order valence-corrected chi connectivity index (χ4v) is 5.15. The van der Waals surface area contributed by atoms with Gasteiger partial charge in [-0.3, -0.25) is 4.79 Å². The monoisotopic (exact) mass is 426 g/mol. The highest BCUT2D eigenvalue weighted by Crippen LogP contribution is 2.36. The minimum absolute atomic E-state index is 0.0541. The van der Waals surface area contributed by atoms with E-state index in [-0.39, 0.29) is 32.0 Å². The molecule has 2 aliphatic rings. The van der Waals surface area contributed by atoms with Gasteiger partial charge in [-0.25, -0.2) is 0 Å². The lowest BCUT2D eigenvalue weighted by Crippen LogP contribution is -2.54. The van der Waals surface area contributed by atoms with Crippen molar-refractivity contribution < 1.29 is 31.5 Å². The van der Waals surface area contributed by atoms with E-state index in [9.17, 15) is 26.7 Å². The van der Waals surface area contributed by atoms with E-state index < -0.39 is 32.6 Å². The second-order valence-corrected chi connectivity index (χ2v) is 9.07. The van der Waals surface area contributed by atoms with Crippen LogP contribution in [0.25, 0.3) is 0 Å². The van der Waals surface area contributed by atoms with Gasteiger partial charge in [0.1, 0.15) is 12.4 Å². The van der Waals surface area contributed by atoms with Crippen molar-refractivity contribution in [1.82, 2.24) is 9.62 Å². The highest BCUT2D eigenvalue weighted by Gasteiger charge is 2.49. The Hall–Kier alpha value is -2.43. The van der Waals surface area contributed by atoms with Crippen molar-refractivity contribution in [2.45, 2.75) is 23.0 Å². The maximum atomic E-state index is 13.0. The van der Waals surface area contributed by atoms with Crippen molar-refractivity contribution in [3.05, 3.63) is 59.7 Å². The van der Waals surface area contributed by atoms with Gasteiger partial charge in [-0.15, -0.1) is 4.31 Å². The summed E-state index contributed by atoms with van der Waals surface area (Å²) < 4.78 is 71.6. The molecule has 10 heteroatoms. The second kappa shape index (κ2) is 6.82. The molecule has 2 aromatic rings. The molecule has 0 saturated carbocycles. The Morgan fingerprint density at radius 2 is 1.93 bits per heavy atom. The van der Waals surface area contributed by atoms with E-state index in [0.29, 0.717) is 17.4 Å². The summed E-state index contributed by atoms with van der Waals surface area (Å²) in [6.45, 7) is 0.0221. The Morgan fingerprint density at radius 1 is 1.17 bits per heavy atom. The number of nitrogens with zero attached hydrogens (tertiary/aromatic N) is 1. The maximum Gasteiger partial charge on any atom is 0.416 e. The smallest absolute Gasteiger partial charge is 0.416 e. The van der Waals surface area contributed by atoms with Gasteiger partial charge in [0.25, 0.3) is 5.91 Å². The molecule has 2 aromatic carbocycles. The molecule has 1 saturated heterocycles. The van der Waals surface area contributed by atoms with Crippen LogP contribution < -0.4 is 10.1 Å². The van der Waals surface area contributed by atoms with Crippen LogP contribution in [-0.2, 0) is 20.8 Å². The molecule has 0 aromatic heterocycles. The molecule has 154 valence electrons. The average Bonchev–Trinajstić information content (AvgIpc) is 3.05. The number of alkyl halides is 3. The van der Waals surface area contributed by atoms with Crippen molar-refractivity contribution >= 4 is 16.3 Å². The van der Waals surface area contributed by atoms with Gasteiger partial charge in [-0.1, -0.05) is 22.4 Å². The van der Waals surface area contributed by atoms with Gasteiger partial charge in [0.2, 0.25) is 0 Å². The highest BCUT2D eigenvalue weighted by atomic mass is 32.3. The van der Waals surface area contributed by atoms with Gasteiger partial charge in [0, 0.05) is 12.6 Å². The van der Waals surface area contributed by atoms with E-state index in [2.05, 4.69) is 5.32 Å². The first-order valence-electron chi connectivity index (χ1n) is 8.83. The summed E-state index contributed by atoms with van der Waals surface area (Å²) in [5, 5.41) is 2.85. The summed E-state index contributed by atoms with van der Waals surface area (Å²) in [6.07, 6.45) is -4.36. The van der Waals surface area contributed by atoms with Gasteiger partial charge in [0.15, 0.2) is 15.3 Å². The second-order valence-electron chi connectivity index (χ2n) is 7.13. The summed E-state index contributed by atoms with van der Waals surface area (Å²) in [5.74, 6) is 0.0254. The number of halogens is 3. The van der Waals surface area contributed by atoms with Crippen LogP contribution in [0.15, 0.2) is 53.4 Å². The first kappa shape index (κ1) is 19.9. The molecule has 2 heterocycles. The maximum absolute atomic E-state index is 13.0. The van der Waals surface area contributed by atoms with Crippen molar-refractivity contribution in [3.8, 4) is 5.75 Å². The molecule has 2 unspecified atom stereocenters. The lowest BCUT2D eigenvalue weighted by Gasteiger charge is -2.29. The zero-order chi connectivity index (χ0) is 20.9. The number of carbonyl (C=O) groups is 1. The molecule has 2 atom stereocenters. The lowest BCUT2D eigenvalue weighted by atomic mass is 10.00. The number of rotatable bonds is 2. The van der Waals surface area contributed by atoms with Crippen LogP contribution in [0.5, 0.6) is 5.75 Å². The average molecular weight is 426 g/mol. The van der Waals surface area contributed by atoms with Crippen molar-refractivity contribution in [2.75, 3.05) is 19.7 Å². The molecule has 1 fully saturated rings. The molecule has 1 N–H and O–H groups in total. The largest absolute Gasteiger partial charge is 0.593 e. The van der Waals surface area contributed by atoms with Gasteiger partial charge in [0.05, 0.1) is 23.2 Å². The number of benzene rings is 2. The highest BCUT2D eigenvalue weighted by molar-refractivity contribution is 7.95. The number of hydrogen-bond acceptors (Lipinski definition) is 4. The van der Waals surface area contributed by atoms with Gasteiger partial charge >= 0.3 is 6.18 Å². The SMILES string of the molecule is O=C1NC2(CCN([S+](=O)([O-])c3cccc(C(F)(F)F)c3)C2)COc2ccccc21. The number of nitrogens with one attached hydrogen (secondary N) is 1. The van der Waals surface area contributed by atoms with Gasteiger partial charge in [-0.2, -0.15) is 13.2 Å². The Kier molecular flexibility index (Phi) is 4.67. The molecular weight excluding hydrogens is 409 g/mol. The van der Waals surface area contributed by atoms with E-state index in [4.69, 9.17) is 4.74 Å². The number of sulfonamides is 1. The predicted molar refractivity (Wildman–Crippen MR) is 96.9 cm³/mol. The molecule has 0 radical (unpaired) electrons. The fourth-order valence-electron chi connectivity index (χ4n) is 3.58. The fraction of sp³-hybridized carbons (Fsp3) is 0.316. The van der Waals surface area contributed by atoms with Crippen LogP contribution >= 0.6 is 0 Å². The van der Waals surface area contributed by atoms with E-state index in [1.165, 1.54) is 0 Å². The molecule has 6 nitrogen and oxygen atoms in total. The Bertz CT molecular complexity index is 1010. The van der Waals surface area contributed by atoms with Crippen LogP contribution in [0.2, 0.25) is 0 Å². The third-order valence-corrected chi connectivity index (χ3v) is 6.97. The quantitative estimate of drug-likeness (QED) is 0.749. The number of para-hydroxylation sites is 1. The third-order valence-electron chi connectivity index (χ3n) is 5.13. The van der Waals surface area contributed by atoms with Crippen LogP contribution in [0.1, 0.15) is 22.3 Å². The molecular formula is C19H17F3N2O4S. The number of fused-ring (bicyclic) bond motifs is 1. The topological polar surface area (TPSA) is 81.7 Å². The van der Waals surface area contributed by atoms with Crippen LogP contribution in [-0.4, -0.2) is 40.0 Å². The predicted octanol–water partition coefficient (Wildman–Crippen LogP) is 2.88. The number of ether oxygens (including phenoxy) is 1. The minimum Gasteiger partial charge on any atom is -0.593 e. The summed E-state index contributed by atoms with van der Waals surface area (Å²) in [7, 11) is -4.17. The van der Waals surface area contributed by atoms with E-state index in [1.807, 2.05) is 0 Å². The Morgan fingerprint density at radius 3 is 2.69 bits per heavy atom. The van der Waals surface area contributed by atoms with Crippen molar-refractivity contribution in [3.63, 3.8) is 0 Å². The third kappa shape index (κ3) is 3.63. The molecule has 2 aliphatic heterocycles. The summed E-state index contributed by atoms with van der Waals surface area (Å²) in [5.41, 5.74) is -1.64. The molecule has 1 amide bonds. The van der Waals surface area contributed by atoms with Gasteiger partial charge in [-0.05, 0) is 30.7 Å². The lowest BCUT2D eigenvalue weighted by molar-refractivity contribution is -0.137. The number of carbonyl (C=O) groups excluding carboxylic acids is 1. The first-order chi connectivity index (χ1) is 13.6. The van der Waals surface area contributed by atoms with Crippen LogP contribution in [0.3, 0.4) is 0 Å². The molecule has 1 spiro atoms. The Labute approximate surface area is 166 Å². The molecule has 0 bridgehead atoms.